The van der Waals surface area contributed by atoms with Gasteiger partial charge in [0.25, 0.3) is 0 Å². The summed E-state index contributed by atoms with van der Waals surface area (Å²) in [6.07, 6.45) is 9.52. The highest BCUT2D eigenvalue weighted by atomic mass is 31.1. The number of hydrogen-bond donors (Lipinski definition) is 0. The van der Waals surface area contributed by atoms with E-state index in [4.69, 9.17) is 0 Å². The monoisotopic (exact) mass is 348 g/mol. The van der Waals surface area contributed by atoms with Gasteiger partial charge in [0.05, 0.1) is 0 Å². The van der Waals surface area contributed by atoms with E-state index < -0.39 is 0 Å². The number of unbranched alkanes of at least 4 members (excludes halogenated alkanes) is 5. The number of fused-ring (bicyclic) bond motifs is 1. The molecule has 25 heavy (non-hydrogen) atoms. The molecule has 1 heteroatoms. The molecule has 0 aromatic heterocycles. The Hall–Kier alpha value is -1.65. The molecule has 1 atom stereocenters. The molecule has 0 radical (unpaired) electrons. The zero-order chi connectivity index (χ0) is 17.3. The van der Waals surface area contributed by atoms with Gasteiger partial charge in [0, 0.05) is 0 Å². The molecule has 3 aromatic rings. The minimum absolute atomic E-state index is 0.275. The van der Waals surface area contributed by atoms with E-state index in [1.165, 1.54) is 60.8 Å². The molecule has 0 heterocycles. The maximum atomic E-state index is 2.36. The van der Waals surface area contributed by atoms with Crippen LogP contribution < -0.4 is 10.6 Å². The lowest BCUT2D eigenvalue weighted by Gasteiger charge is -2.20. The minimum Gasteiger partial charge on any atom is -0.0654 e. The zero-order valence-electron chi connectivity index (χ0n) is 15.3. The Labute approximate surface area is 154 Å². The van der Waals surface area contributed by atoms with Gasteiger partial charge in [-0.05, 0) is 41.9 Å². The summed E-state index contributed by atoms with van der Waals surface area (Å²) in [7, 11) is -0.275. The van der Waals surface area contributed by atoms with Crippen LogP contribution in [0, 0.1) is 0 Å². The standard InChI is InChI=1S/C24H29P/c1-2-3-4-5-6-12-20-25(22-16-8-7-9-17-22)24-19-13-15-21-14-10-11-18-23(21)24/h7-11,13-19H,2-6,12,20H2,1H3. The average Bonchev–Trinajstić information content (AvgIpc) is 2.68. The summed E-state index contributed by atoms with van der Waals surface area (Å²) in [5.74, 6) is 0. The summed E-state index contributed by atoms with van der Waals surface area (Å²) in [5.41, 5.74) is 0. The predicted octanol–water partition coefficient (Wildman–Crippen LogP) is 6.63. The number of benzene rings is 3. The summed E-state index contributed by atoms with van der Waals surface area (Å²) < 4.78 is 0. The molecule has 0 aliphatic carbocycles. The first kappa shape index (κ1) is 18.2. The molecule has 0 bridgehead atoms. The second-order valence-corrected chi connectivity index (χ2v) is 9.05. The fraction of sp³-hybridized carbons (Fsp3) is 0.333. The summed E-state index contributed by atoms with van der Waals surface area (Å²) in [6.45, 7) is 2.29. The van der Waals surface area contributed by atoms with Gasteiger partial charge in [-0.2, -0.15) is 0 Å². The van der Waals surface area contributed by atoms with Crippen LogP contribution in [0.15, 0.2) is 72.8 Å². The van der Waals surface area contributed by atoms with Crippen molar-refractivity contribution in [1.82, 2.24) is 0 Å². The van der Waals surface area contributed by atoms with E-state index in [2.05, 4.69) is 79.7 Å². The van der Waals surface area contributed by atoms with Crippen LogP contribution in [-0.2, 0) is 0 Å². The van der Waals surface area contributed by atoms with Gasteiger partial charge in [-0.25, -0.2) is 0 Å². The molecule has 0 aliphatic rings. The summed E-state index contributed by atoms with van der Waals surface area (Å²) in [4.78, 5) is 0. The Balaban J connectivity index is 1.81. The molecule has 0 fully saturated rings. The molecule has 3 aromatic carbocycles. The highest BCUT2D eigenvalue weighted by Gasteiger charge is 2.15. The van der Waals surface area contributed by atoms with E-state index in [1.54, 1.807) is 5.30 Å². The van der Waals surface area contributed by atoms with Crippen molar-refractivity contribution in [2.24, 2.45) is 0 Å². The zero-order valence-corrected chi connectivity index (χ0v) is 16.2. The van der Waals surface area contributed by atoms with Crippen molar-refractivity contribution in [3.8, 4) is 0 Å². The summed E-state index contributed by atoms with van der Waals surface area (Å²) in [5, 5.41) is 5.87. The van der Waals surface area contributed by atoms with Gasteiger partial charge < -0.3 is 0 Å². The maximum absolute atomic E-state index is 2.36. The molecular formula is C24H29P. The van der Waals surface area contributed by atoms with Crippen molar-refractivity contribution in [2.45, 2.75) is 45.4 Å². The number of rotatable bonds is 9. The van der Waals surface area contributed by atoms with Crippen LogP contribution in [0.4, 0.5) is 0 Å². The van der Waals surface area contributed by atoms with E-state index in [-0.39, 0.29) is 7.92 Å². The van der Waals surface area contributed by atoms with Gasteiger partial charge in [0.15, 0.2) is 0 Å². The van der Waals surface area contributed by atoms with Crippen LogP contribution >= 0.6 is 7.92 Å². The van der Waals surface area contributed by atoms with E-state index in [1.807, 2.05) is 0 Å². The van der Waals surface area contributed by atoms with E-state index in [9.17, 15) is 0 Å². The van der Waals surface area contributed by atoms with Gasteiger partial charge >= 0.3 is 0 Å². The third-order valence-electron chi connectivity index (χ3n) is 4.86. The Morgan fingerprint density at radius 1 is 0.640 bits per heavy atom. The first-order valence-electron chi connectivity index (χ1n) is 9.70. The van der Waals surface area contributed by atoms with Crippen LogP contribution in [0.3, 0.4) is 0 Å². The first-order chi connectivity index (χ1) is 12.4. The Kier molecular flexibility index (Phi) is 7.07. The van der Waals surface area contributed by atoms with Gasteiger partial charge in [-0.3, -0.25) is 0 Å². The Morgan fingerprint density at radius 2 is 1.32 bits per heavy atom. The van der Waals surface area contributed by atoms with Crippen molar-refractivity contribution in [3.05, 3.63) is 72.8 Å². The fourth-order valence-electron chi connectivity index (χ4n) is 3.49. The van der Waals surface area contributed by atoms with Crippen LogP contribution in [0.5, 0.6) is 0 Å². The van der Waals surface area contributed by atoms with E-state index in [0.717, 1.165) is 0 Å². The molecule has 0 nitrogen and oxygen atoms in total. The maximum Gasteiger partial charge on any atom is -0.0104 e. The molecule has 3 rings (SSSR count). The molecule has 0 N–H and O–H groups in total. The van der Waals surface area contributed by atoms with Crippen molar-refractivity contribution in [1.29, 1.82) is 0 Å². The van der Waals surface area contributed by atoms with Crippen molar-refractivity contribution < 1.29 is 0 Å². The summed E-state index contributed by atoms with van der Waals surface area (Å²) >= 11 is 0. The third-order valence-corrected chi connectivity index (χ3v) is 7.52. The third kappa shape index (κ3) is 4.93. The highest BCUT2D eigenvalue weighted by molar-refractivity contribution is 7.73. The largest absolute Gasteiger partial charge is 0.0654 e. The van der Waals surface area contributed by atoms with Crippen molar-refractivity contribution in [2.75, 3.05) is 6.16 Å². The summed E-state index contributed by atoms with van der Waals surface area (Å²) in [6, 6.07) is 26.8. The second kappa shape index (κ2) is 9.73. The van der Waals surface area contributed by atoms with E-state index >= 15 is 0 Å². The SMILES string of the molecule is CCCCCCCCP(c1ccccc1)c1cccc2ccccc12. The topological polar surface area (TPSA) is 0 Å². The van der Waals surface area contributed by atoms with Gasteiger partial charge in [-0.15, -0.1) is 0 Å². The average molecular weight is 348 g/mol. The molecule has 0 saturated carbocycles. The molecule has 0 spiro atoms. The van der Waals surface area contributed by atoms with Crippen molar-refractivity contribution in [3.63, 3.8) is 0 Å². The molecule has 0 saturated heterocycles. The molecule has 130 valence electrons. The van der Waals surface area contributed by atoms with E-state index in [0.29, 0.717) is 0 Å². The van der Waals surface area contributed by atoms with Crippen LogP contribution in [0.25, 0.3) is 10.8 Å². The van der Waals surface area contributed by atoms with Gasteiger partial charge in [0.1, 0.15) is 0 Å². The minimum atomic E-state index is -0.275. The lowest BCUT2D eigenvalue weighted by Crippen LogP contribution is -2.15. The first-order valence-corrected chi connectivity index (χ1v) is 11.2. The smallest absolute Gasteiger partial charge is 0.0104 e. The molecular weight excluding hydrogens is 319 g/mol. The van der Waals surface area contributed by atoms with Crippen LogP contribution in [0.1, 0.15) is 45.4 Å². The number of hydrogen-bond acceptors (Lipinski definition) is 0. The van der Waals surface area contributed by atoms with Crippen LogP contribution in [-0.4, -0.2) is 6.16 Å². The lowest BCUT2D eigenvalue weighted by molar-refractivity contribution is 0.626. The van der Waals surface area contributed by atoms with Gasteiger partial charge in [0.2, 0.25) is 0 Å². The van der Waals surface area contributed by atoms with Crippen molar-refractivity contribution >= 4 is 29.3 Å². The van der Waals surface area contributed by atoms with Gasteiger partial charge in [-0.1, -0.05) is 112 Å². The quantitative estimate of drug-likeness (QED) is 0.300. The molecule has 1 unspecified atom stereocenters. The fourth-order valence-corrected chi connectivity index (χ4v) is 6.10. The molecule has 0 amide bonds. The highest BCUT2D eigenvalue weighted by Crippen LogP contribution is 2.37. The Bertz CT molecular complexity index is 758. The Morgan fingerprint density at radius 3 is 2.16 bits per heavy atom. The normalized spacial score (nSPS) is 12.4. The second-order valence-electron chi connectivity index (χ2n) is 6.75. The predicted molar refractivity (Wildman–Crippen MR) is 115 cm³/mol. The van der Waals surface area contributed by atoms with Crippen LogP contribution in [0.2, 0.25) is 0 Å². The lowest BCUT2D eigenvalue weighted by atomic mass is 10.1. The molecule has 0 aliphatic heterocycles.